The lowest BCUT2D eigenvalue weighted by molar-refractivity contribution is -0.139. The van der Waals surface area contributed by atoms with Crippen molar-refractivity contribution >= 4 is 17.7 Å². The highest BCUT2D eigenvalue weighted by atomic mass is 19.4. The van der Waals surface area contributed by atoms with Gasteiger partial charge in [-0.3, -0.25) is 9.20 Å². The van der Waals surface area contributed by atoms with Crippen LogP contribution in [0.2, 0.25) is 0 Å². The molecule has 28 heavy (non-hydrogen) atoms. The van der Waals surface area contributed by atoms with Crippen molar-refractivity contribution in [1.82, 2.24) is 9.38 Å². The third-order valence-corrected chi connectivity index (χ3v) is 3.87. The van der Waals surface area contributed by atoms with E-state index in [-0.39, 0.29) is 12.2 Å². The van der Waals surface area contributed by atoms with Crippen LogP contribution in [-0.2, 0) is 22.3 Å². The first-order valence-electron chi connectivity index (χ1n) is 8.23. The number of alkyl halides is 3. The highest BCUT2D eigenvalue weighted by molar-refractivity contribution is 5.87. The van der Waals surface area contributed by atoms with Crippen molar-refractivity contribution < 1.29 is 22.7 Å². The molecule has 0 saturated carbocycles. The standard InChI is InChI=1S/C20H15F3N2O3/c1-13-2-8-17-24-16(10-18(26)25(17)11-13)12-28-19(27)9-5-14-3-6-15(7-4-14)20(21,22)23/h2-11H,12H2,1H3/b9-5+. The summed E-state index contributed by atoms with van der Waals surface area (Å²) < 4.78 is 44.0. The summed E-state index contributed by atoms with van der Waals surface area (Å²) in [5, 5.41) is 0. The maximum atomic E-state index is 12.5. The lowest BCUT2D eigenvalue weighted by Gasteiger charge is -2.06. The molecule has 0 aliphatic rings. The molecule has 0 saturated heterocycles. The normalized spacial score (nSPS) is 11.9. The maximum absolute atomic E-state index is 12.5. The molecule has 0 aliphatic heterocycles. The molecule has 5 nitrogen and oxygen atoms in total. The van der Waals surface area contributed by atoms with Crippen molar-refractivity contribution in [1.29, 1.82) is 0 Å². The molecule has 3 rings (SSSR count). The van der Waals surface area contributed by atoms with Crippen LogP contribution >= 0.6 is 0 Å². The quantitative estimate of drug-likeness (QED) is 0.504. The summed E-state index contributed by atoms with van der Waals surface area (Å²) in [7, 11) is 0. The van der Waals surface area contributed by atoms with Gasteiger partial charge in [-0.2, -0.15) is 13.2 Å². The Hall–Kier alpha value is -3.42. The first-order chi connectivity index (χ1) is 13.2. The summed E-state index contributed by atoms with van der Waals surface area (Å²) in [4.78, 5) is 28.2. The molecule has 0 atom stereocenters. The summed E-state index contributed by atoms with van der Waals surface area (Å²) in [6.45, 7) is 1.65. The molecule has 1 aromatic carbocycles. The van der Waals surface area contributed by atoms with Crippen LogP contribution in [0.15, 0.2) is 59.5 Å². The Kier molecular flexibility index (Phi) is 5.30. The number of esters is 1. The van der Waals surface area contributed by atoms with E-state index in [0.717, 1.165) is 23.8 Å². The van der Waals surface area contributed by atoms with E-state index in [0.29, 0.717) is 16.9 Å². The van der Waals surface area contributed by atoms with E-state index in [4.69, 9.17) is 4.74 Å². The number of rotatable bonds is 4. The Morgan fingerprint density at radius 3 is 2.57 bits per heavy atom. The number of ether oxygens (including phenoxy) is 1. The predicted octanol–water partition coefficient (Wildman–Crippen LogP) is 3.78. The Balaban J connectivity index is 1.64. The van der Waals surface area contributed by atoms with Crippen molar-refractivity contribution in [3.05, 3.63) is 87.5 Å². The first-order valence-corrected chi connectivity index (χ1v) is 8.23. The number of halogens is 3. The molecule has 0 N–H and O–H groups in total. The molecular formula is C20H15F3N2O3. The molecule has 0 unspecified atom stereocenters. The molecule has 8 heteroatoms. The Morgan fingerprint density at radius 2 is 1.89 bits per heavy atom. The number of nitrogens with zero attached hydrogens (tertiary/aromatic N) is 2. The minimum absolute atomic E-state index is 0.199. The molecule has 144 valence electrons. The molecule has 0 aliphatic carbocycles. The zero-order chi connectivity index (χ0) is 20.3. The number of carbonyl (C=O) groups excluding carboxylic acids is 1. The van der Waals surface area contributed by atoms with E-state index < -0.39 is 17.7 Å². The number of fused-ring (bicyclic) bond motifs is 1. The topological polar surface area (TPSA) is 60.7 Å². The number of hydrogen-bond acceptors (Lipinski definition) is 4. The number of hydrogen-bond donors (Lipinski definition) is 0. The van der Waals surface area contributed by atoms with Crippen molar-refractivity contribution in [3.8, 4) is 0 Å². The van der Waals surface area contributed by atoms with Gasteiger partial charge in [0.15, 0.2) is 0 Å². The maximum Gasteiger partial charge on any atom is 0.416 e. The first kappa shape index (κ1) is 19.3. The summed E-state index contributed by atoms with van der Waals surface area (Å²) in [5.74, 6) is -0.703. The smallest absolute Gasteiger partial charge is 0.416 e. The van der Waals surface area contributed by atoms with Crippen LogP contribution in [0.4, 0.5) is 13.2 Å². The van der Waals surface area contributed by atoms with E-state index >= 15 is 0 Å². The Labute approximate surface area is 157 Å². The van der Waals surface area contributed by atoms with Crippen LogP contribution in [-0.4, -0.2) is 15.4 Å². The Bertz CT molecular complexity index is 1100. The van der Waals surface area contributed by atoms with Gasteiger partial charge >= 0.3 is 12.1 Å². The molecule has 3 aromatic rings. The SMILES string of the molecule is Cc1ccc2nc(COC(=O)/C=C/c3ccc(C(F)(F)F)cc3)cc(=O)n2c1. The molecule has 2 aromatic heterocycles. The lowest BCUT2D eigenvalue weighted by Crippen LogP contribution is -2.16. The molecule has 0 spiro atoms. The minimum Gasteiger partial charge on any atom is -0.456 e. The molecule has 0 amide bonds. The summed E-state index contributed by atoms with van der Waals surface area (Å²) in [6.07, 6.45) is -0.313. The second-order valence-electron chi connectivity index (χ2n) is 6.08. The van der Waals surface area contributed by atoms with Crippen molar-refractivity contribution in [2.75, 3.05) is 0 Å². The lowest BCUT2D eigenvalue weighted by atomic mass is 10.1. The molecule has 2 heterocycles. The number of aromatic nitrogens is 2. The average Bonchev–Trinajstić information content (AvgIpc) is 2.65. The predicted molar refractivity (Wildman–Crippen MR) is 96.5 cm³/mol. The number of pyridine rings is 1. The van der Waals surface area contributed by atoms with E-state index in [2.05, 4.69) is 4.98 Å². The van der Waals surface area contributed by atoms with Gasteiger partial charge in [-0.05, 0) is 42.3 Å². The van der Waals surface area contributed by atoms with Gasteiger partial charge in [-0.25, -0.2) is 9.78 Å². The third-order valence-electron chi connectivity index (χ3n) is 3.87. The largest absolute Gasteiger partial charge is 0.456 e. The van der Waals surface area contributed by atoms with Crippen molar-refractivity contribution in [3.63, 3.8) is 0 Å². The van der Waals surface area contributed by atoms with Crippen LogP contribution in [0.3, 0.4) is 0 Å². The van der Waals surface area contributed by atoms with Crippen LogP contribution in [0.5, 0.6) is 0 Å². The molecule has 0 bridgehead atoms. The molecular weight excluding hydrogens is 373 g/mol. The highest BCUT2D eigenvalue weighted by Crippen LogP contribution is 2.29. The van der Waals surface area contributed by atoms with Crippen LogP contribution in [0.25, 0.3) is 11.7 Å². The molecule has 0 fully saturated rings. The summed E-state index contributed by atoms with van der Waals surface area (Å²) >= 11 is 0. The van der Waals surface area contributed by atoms with E-state index in [1.807, 2.05) is 13.0 Å². The van der Waals surface area contributed by atoms with Gasteiger partial charge in [0.25, 0.3) is 5.56 Å². The van der Waals surface area contributed by atoms with Gasteiger partial charge in [0.2, 0.25) is 0 Å². The zero-order valence-electron chi connectivity index (χ0n) is 14.7. The van der Waals surface area contributed by atoms with Gasteiger partial charge in [0.05, 0.1) is 11.3 Å². The average molecular weight is 388 g/mol. The number of carbonyl (C=O) groups is 1. The second kappa shape index (κ2) is 7.67. The van der Waals surface area contributed by atoms with Crippen LogP contribution in [0, 0.1) is 6.92 Å². The summed E-state index contributed by atoms with van der Waals surface area (Å²) in [6, 6.07) is 9.13. The van der Waals surface area contributed by atoms with Gasteiger partial charge in [-0.1, -0.05) is 18.2 Å². The van der Waals surface area contributed by atoms with Crippen molar-refractivity contribution in [2.45, 2.75) is 19.7 Å². The number of benzene rings is 1. The van der Waals surface area contributed by atoms with Gasteiger partial charge < -0.3 is 4.74 Å². The van der Waals surface area contributed by atoms with E-state index in [1.54, 1.807) is 12.3 Å². The summed E-state index contributed by atoms with van der Waals surface area (Å²) in [5.41, 5.74) is 0.997. The van der Waals surface area contributed by atoms with Crippen LogP contribution in [0.1, 0.15) is 22.4 Å². The van der Waals surface area contributed by atoms with Gasteiger partial charge in [0, 0.05) is 18.3 Å². The van der Waals surface area contributed by atoms with Gasteiger partial charge in [0.1, 0.15) is 12.3 Å². The fourth-order valence-electron chi connectivity index (χ4n) is 2.47. The highest BCUT2D eigenvalue weighted by Gasteiger charge is 2.29. The third kappa shape index (κ3) is 4.64. The molecule has 0 radical (unpaired) electrons. The van der Waals surface area contributed by atoms with E-state index in [9.17, 15) is 22.8 Å². The Morgan fingerprint density at radius 1 is 1.18 bits per heavy atom. The second-order valence-corrected chi connectivity index (χ2v) is 6.08. The van der Waals surface area contributed by atoms with E-state index in [1.165, 1.54) is 28.7 Å². The van der Waals surface area contributed by atoms with Crippen molar-refractivity contribution in [2.24, 2.45) is 0 Å². The fourth-order valence-corrected chi connectivity index (χ4v) is 2.47. The minimum atomic E-state index is -4.41. The van der Waals surface area contributed by atoms with Gasteiger partial charge in [-0.15, -0.1) is 0 Å². The van der Waals surface area contributed by atoms with Crippen LogP contribution < -0.4 is 5.56 Å². The fraction of sp³-hybridized carbons (Fsp3) is 0.150. The zero-order valence-corrected chi connectivity index (χ0v) is 14.7. The monoisotopic (exact) mass is 388 g/mol. The number of aryl methyl sites for hydroxylation is 1.